The lowest BCUT2D eigenvalue weighted by Gasteiger charge is -2.05. The maximum atomic E-state index is 10.7. The summed E-state index contributed by atoms with van der Waals surface area (Å²) in [5.41, 5.74) is 7.59. The molecular weight excluding hydrogens is 218 g/mol. The van der Waals surface area contributed by atoms with Gasteiger partial charge in [0.25, 0.3) is 0 Å². The number of aromatic amines is 1. The molecule has 0 aliphatic carbocycles. The summed E-state index contributed by atoms with van der Waals surface area (Å²) in [5.74, 6) is -1.05. The molecule has 0 radical (unpaired) electrons. The van der Waals surface area contributed by atoms with E-state index in [9.17, 15) is 4.79 Å². The second kappa shape index (κ2) is 4.28. The lowest BCUT2D eigenvalue weighted by atomic mass is 10.0. The van der Waals surface area contributed by atoms with Crippen LogP contribution in [0.5, 0.6) is 0 Å². The summed E-state index contributed by atoms with van der Waals surface area (Å²) in [6.45, 7) is 0. The minimum atomic E-state index is -1.05. The van der Waals surface area contributed by atoms with Gasteiger partial charge in [0.05, 0.1) is 11.6 Å². The Bertz CT molecular complexity index is 610. The zero-order valence-corrected chi connectivity index (χ0v) is 8.97. The van der Waals surface area contributed by atoms with Crippen LogP contribution < -0.4 is 5.73 Å². The molecule has 0 saturated carbocycles. The maximum Gasteiger partial charge on any atom is 0.320 e. The summed E-state index contributed by atoms with van der Waals surface area (Å²) in [4.78, 5) is 13.7. The Morgan fingerprint density at radius 2 is 2.35 bits per heavy atom. The summed E-state index contributed by atoms with van der Waals surface area (Å²) >= 11 is 0. The van der Waals surface area contributed by atoms with Gasteiger partial charge in [0, 0.05) is 23.5 Å². The first-order chi connectivity index (χ1) is 8.13. The van der Waals surface area contributed by atoms with Crippen molar-refractivity contribution in [3.63, 3.8) is 0 Å². The van der Waals surface area contributed by atoms with Crippen LogP contribution in [0.25, 0.3) is 10.9 Å². The highest BCUT2D eigenvalue weighted by Gasteiger charge is 2.16. The number of nitrogens with two attached hydrogens (primary N) is 1. The van der Waals surface area contributed by atoms with Crippen molar-refractivity contribution in [2.75, 3.05) is 0 Å². The molecule has 0 amide bonds. The fourth-order valence-corrected chi connectivity index (χ4v) is 1.83. The zero-order valence-electron chi connectivity index (χ0n) is 8.97. The third-order valence-electron chi connectivity index (χ3n) is 2.66. The van der Waals surface area contributed by atoms with E-state index in [1.54, 1.807) is 18.3 Å². The molecule has 2 aromatic rings. The number of benzene rings is 1. The molecule has 0 bridgehead atoms. The maximum absolute atomic E-state index is 10.7. The second-order valence-electron chi connectivity index (χ2n) is 3.80. The van der Waals surface area contributed by atoms with Crippen molar-refractivity contribution in [3.05, 3.63) is 35.5 Å². The molecule has 0 aliphatic rings. The van der Waals surface area contributed by atoms with Gasteiger partial charge in [-0.05, 0) is 17.7 Å². The Balaban J connectivity index is 2.49. The number of carboxylic acids is 1. The molecule has 86 valence electrons. The van der Waals surface area contributed by atoms with Gasteiger partial charge in [0.15, 0.2) is 0 Å². The third-order valence-corrected chi connectivity index (χ3v) is 2.66. The minimum Gasteiger partial charge on any atom is -0.480 e. The van der Waals surface area contributed by atoms with E-state index >= 15 is 0 Å². The average molecular weight is 229 g/mol. The number of nitriles is 1. The predicted octanol–water partition coefficient (Wildman–Crippen LogP) is 0.994. The van der Waals surface area contributed by atoms with Gasteiger partial charge in [-0.3, -0.25) is 4.79 Å². The van der Waals surface area contributed by atoms with Crippen molar-refractivity contribution < 1.29 is 9.90 Å². The van der Waals surface area contributed by atoms with Gasteiger partial charge in [-0.1, -0.05) is 6.07 Å². The quantitative estimate of drug-likeness (QED) is 0.730. The van der Waals surface area contributed by atoms with Crippen LogP contribution in [0.2, 0.25) is 0 Å². The highest BCUT2D eigenvalue weighted by atomic mass is 16.4. The lowest BCUT2D eigenvalue weighted by Crippen LogP contribution is -2.32. The van der Waals surface area contributed by atoms with Crippen LogP contribution in [-0.4, -0.2) is 22.1 Å². The van der Waals surface area contributed by atoms with E-state index in [0.717, 1.165) is 16.5 Å². The topological polar surface area (TPSA) is 103 Å². The number of hydrogen-bond donors (Lipinski definition) is 3. The molecular formula is C12H11N3O2. The Hall–Kier alpha value is -2.32. The summed E-state index contributed by atoms with van der Waals surface area (Å²) < 4.78 is 0. The van der Waals surface area contributed by atoms with Crippen LogP contribution in [0, 0.1) is 11.3 Å². The standard InChI is InChI=1S/C12H11N3O2/c13-5-7-2-1-3-10-11(7)8(6-15-10)4-9(14)12(16)17/h1-3,6,9,15H,4,14H2,(H,16,17)/t9-/m0/s1. The molecule has 0 fully saturated rings. The van der Waals surface area contributed by atoms with Crippen molar-refractivity contribution in [2.24, 2.45) is 5.73 Å². The van der Waals surface area contributed by atoms with Crippen LogP contribution >= 0.6 is 0 Å². The molecule has 4 N–H and O–H groups in total. The van der Waals surface area contributed by atoms with Crippen LogP contribution in [0.1, 0.15) is 11.1 Å². The van der Waals surface area contributed by atoms with E-state index in [-0.39, 0.29) is 6.42 Å². The molecule has 0 saturated heterocycles. The molecule has 17 heavy (non-hydrogen) atoms. The average Bonchev–Trinajstić information content (AvgIpc) is 2.72. The normalized spacial score (nSPS) is 12.2. The number of aromatic nitrogens is 1. The van der Waals surface area contributed by atoms with Crippen molar-refractivity contribution in [1.29, 1.82) is 5.26 Å². The van der Waals surface area contributed by atoms with Gasteiger partial charge in [-0.2, -0.15) is 5.26 Å². The number of rotatable bonds is 3. The van der Waals surface area contributed by atoms with Gasteiger partial charge in [-0.25, -0.2) is 0 Å². The third kappa shape index (κ3) is 1.98. The van der Waals surface area contributed by atoms with Crippen LogP contribution in [-0.2, 0) is 11.2 Å². The largest absolute Gasteiger partial charge is 0.480 e. The first kappa shape index (κ1) is 11.2. The monoisotopic (exact) mass is 229 g/mol. The van der Waals surface area contributed by atoms with E-state index in [4.69, 9.17) is 16.1 Å². The van der Waals surface area contributed by atoms with E-state index in [1.807, 2.05) is 6.07 Å². The molecule has 2 rings (SSSR count). The van der Waals surface area contributed by atoms with Crippen molar-refractivity contribution >= 4 is 16.9 Å². The first-order valence-corrected chi connectivity index (χ1v) is 5.11. The van der Waals surface area contributed by atoms with E-state index in [0.29, 0.717) is 5.56 Å². The Morgan fingerprint density at radius 3 is 3.00 bits per heavy atom. The van der Waals surface area contributed by atoms with Crippen molar-refractivity contribution in [3.8, 4) is 6.07 Å². The SMILES string of the molecule is N#Cc1cccc2[nH]cc(C[C@H](N)C(=O)O)c12. The van der Waals surface area contributed by atoms with Gasteiger partial charge in [-0.15, -0.1) is 0 Å². The molecule has 1 atom stereocenters. The number of H-pyrrole nitrogens is 1. The molecule has 1 aromatic heterocycles. The number of fused-ring (bicyclic) bond motifs is 1. The van der Waals surface area contributed by atoms with Crippen molar-refractivity contribution in [1.82, 2.24) is 4.98 Å². The highest BCUT2D eigenvalue weighted by Crippen LogP contribution is 2.23. The van der Waals surface area contributed by atoms with Gasteiger partial charge < -0.3 is 15.8 Å². The number of carboxylic acid groups (broad SMARTS) is 1. The van der Waals surface area contributed by atoms with Gasteiger partial charge in [0.2, 0.25) is 0 Å². The smallest absolute Gasteiger partial charge is 0.320 e. The molecule has 0 aliphatic heterocycles. The summed E-state index contributed by atoms with van der Waals surface area (Å²) in [7, 11) is 0. The van der Waals surface area contributed by atoms with Crippen molar-refractivity contribution in [2.45, 2.75) is 12.5 Å². The fraction of sp³-hybridized carbons (Fsp3) is 0.167. The highest BCUT2D eigenvalue weighted by molar-refractivity contribution is 5.89. The number of hydrogen-bond acceptors (Lipinski definition) is 3. The van der Waals surface area contributed by atoms with E-state index in [2.05, 4.69) is 11.1 Å². The molecule has 1 aromatic carbocycles. The Morgan fingerprint density at radius 1 is 1.59 bits per heavy atom. The fourth-order valence-electron chi connectivity index (χ4n) is 1.83. The molecule has 1 heterocycles. The van der Waals surface area contributed by atoms with Crippen LogP contribution in [0.4, 0.5) is 0 Å². The minimum absolute atomic E-state index is 0.202. The summed E-state index contributed by atoms with van der Waals surface area (Å²) in [6, 6.07) is 6.45. The molecule has 5 heteroatoms. The Labute approximate surface area is 97.5 Å². The summed E-state index contributed by atoms with van der Waals surface area (Å²) in [6.07, 6.45) is 1.91. The lowest BCUT2D eigenvalue weighted by molar-refractivity contribution is -0.138. The van der Waals surface area contributed by atoms with E-state index < -0.39 is 12.0 Å². The second-order valence-corrected chi connectivity index (χ2v) is 3.80. The predicted molar refractivity (Wildman–Crippen MR) is 62.3 cm³/mol. The van der Waals surface area contributed by atoms with Gasteiger partial charge in [0.1, 0.15) is 6.04 Å². The van der Waals surface area contributed by atoms with E-state index in [1.165, 1.54) is 0 Å². The molecule has 5 nitrogen and oxygen atoms in total. The number of aliphatic carboxylic acids is 1. The molecule has 0 unspecified atom stereocenters. The number of nitrogens with zero attached hydrogens (tertiary/aromatic N) is 1. The summed E-state index contributed by atoms with van der Waals surface area (Å²) in [5, 5.41) is 18.5. The number of nitrogens with one attached hydrogen (secondary N) is 1. The van der Waals surface area contributed by atoms with Crippen LogP contribution in [0.3, 0.4) is 0 Å². The Kier molecular flexibility index (Phi) is 2.81. The van der Waals surface area contributed by atoms with Crippen LogP contribution in [0.15, 0.2) is 24.4 Å². The van der Waals surface area contributed by atoms with Gasteiger partial charge >= 0.3 is 5.97 Å². The molecule has 0 spiro atoms. The first-order valence-electron chi connectivity index (χ1n) is 5.11. The number of carbonyl (C=O) groups is 1. The zero-order chi connectivity index (χ0) is 12.4.